The van der Waals surface area contributed by atoms with Crippen LogP contribution in [-0.2, 0) is 0 Å². The third-order valence-electron chi connectivity index (χ3n) is 5.01. The summed E-state index contributed by atoms with van der Waals surface area (Å²) in [6.07, 6.45) is 7.00. The second-order valence-corrected chi connectivity index (χ2v) is 7.74. The molecule has 1 aromatic rings. The number of aliphatic hydroxyl groups excluding tert-OH is 1. The third-order valence-corrected chi connectivity index (χ3v) is 6.11. The number of anilines is 1. The van der Waals surface area contributed by atoms with Crippen molar-refractivity contribution < 1.29 is 9.90 Å². The molecule has 0 spiro atoms. The summed E-state index contributed by atoms with van der Waals surface area (Å²) in [5.41, 5.74) is 1.87. The summed E-state index contributed by atoms with van der Waals surface area (Å²) in [6, 6.07) is 8.19. The van der Waals surface area contributed by atoms with Crippen molar-refractivity contribution in [1.29, 1.82) is 0 Å². The van der Waals surface area contributed by atoms with Gasteiger partial charge in [-0.25, -0.2) is 0 Å². The summed E-state index contributed by atoms with van der Waals surface area (Å²) in [6.45, 7) is 1.76. The van der Waals surface area contributed by atoms with E-state index in [9.17, 15) is 9.90 Å². The number of hydrogen-bond acceptors (Lipinski definition) is 4. The van der Waals surface area contributed by atoms with E-state index in [4.69, 9.17) is 0 Å². The Kier molecular flexibility index (Phi) is 5.49. The van der Waals surface area contributed by atoms with E-state index in [1.807, 2.05) is 36.0 Å². The Morgan fingerprint density at radius 3 is 2.48 bits per heavy atom. The maximum absolute atomic E-state index is 12.4. The van der Waals surface area contributed by atoms with Gasteiger partial charge in [0.2, 0.25) is 0 Å². The normalized spacial score (nSPS) is 25.6. The number of nitrogens with one attached hydrogen (secondary N) is 1. The lowest BCUT2D eigenvalue weighted by Crippen LogP contribution is -2.36. The molecule has 1 saturated heterocycles. The van der Waals surface area contributed by atoms with E-state index in [0.717, 1.165) is 50.0 Å². The lowest BCUT2D eigenvalue weighted by molar-refractivity contribution is 0.0938. The first-order valence-corrected chi connectivity index (χ1v) is 9.81. The molecule has 1 heterocycles. The standard InChI is InChI=1S/C18H26N2O2S/c1-23-17-7-4-14(12-17)19-18(22)13-2-5-15(6-3-13)20-10-8-16(21)9-11-20/h2-3,5-6,14,16-17,21H,4,7-12H2,1H3,(H,19,22). The quantitative estimate of drug-likeness (QED) is 0.889. The van der Waals surface area contributed by atoms with Gasteiger partial charge < -0.3 is 15.3 Å². The molecule has 1 saturated carbocycles. The molecule has 1 aromatic carbocycles. The summed E-state index contributed by atoms with van der Waals surface area (Å²) in [7, 11) is 0. The van der Waals surface area contributed by atoms with Gasteiger partial charge in [-0.1, -0.05) is 0 Å². The number of thioether (sulfide) groups is 1. The molecule has 0 radical (unpaired) electrons. The molecule has 0 aromatic heterocycles. The number of piperidine rings is 1. The Bertz CT molecular complexity index is 526. The predicted octanol–water partition coefficient (Wildman–Crippen LogP) is 2.66. The van der Waals surface area contributed by atoms with Crippen molar-refractivity contribution in [2.75, 3.05) is 24.2 Å². The van der Waals surface area contributed by atoms with Gasteiger partial charge in [0, 0.05) is 35.6 Å². The first kappa shape index (κ1) is 16.7. The zero-order chi connectivity index (χ0) is 16.2. The molecule has 0 bridgehead atoms. The van der Waals surface area contributed by atoms with Gasteiger partial charge in [0.1, 0.15) is 0 Å². The van der Waals surface area contributed by atoms with E-state index in [1.165, 1.54) is 6.42 Å². The summed E-state index contributed by atoms with van der Waals surface area (Å²) in [5, 5.41) is 13.4. The molecule has 1 amide bonds. The Morgan fingerprint density at radius 2 is 1.87 bits per heavy atom. The van der Waals surface area contributed by atoms with Gasteiger partial charge in [0.15, 0.2) is 0 Å². The van der Waals surface area contributed by atoms with Crippen molar-refractivity contribution in [2.45, 2.75) is 49.5 Å². The van der Waals surface area contributed by atoms with E-state index in [-0.39, 0.29) is 12.0 Å². The fourth-order valence-electron chi connectivity index (χ4n) is 3.50. The minimum Gasteiger partial charge on any atom is -0.393 e. The van der Waals surface area contributed by atoms with Crippen molar-refractivity contribution in [3.8, 4) is 0 Å². The molecule has 5 heteroatoms. The number of carbonyl (C=O) groups excluding carboxylic acids is 1. The average Bonchev–Trinajstić information content (AvgIpc) is 3.03. The maximum Gasteiger partial charge on any atom is 0.251 e. The van der Waals surface area contributed by atoms with E-state index in [2.05, 4.69) is 16.5 Å². The fourth-order valence-corrected chi connectivity index (χ4v) is 4.30. The summed E-state index contributed by atoms with van der Waals surface area (Å²) in [5.74, 6) is 0.0392. The van der Waals surface area contributed by atoms with Gasteiger partial charge in [-0.2, -0.15) is 11.8 Å². The van der Waals surface area contributed by atoms with E-state index < -0.39 is 0 Å². The molecule has 2 fully saturated rings. The number of amides is 1. The summed E-state index contributed by atoms with van der Waals surface area (Å²) < 4.78 is 0. The zero-order valence-electron chi connectivity index (χ0n) is 13.7. The van der Waals surface area contributed by atoms with Crippen LogP contribution >= 0.6 is 11.8 Å². The number of hydrogen-bond donors (Lipinski definition) is 2. The van der Waals surface area contributed by atoms with E-state index >= 15 is 0 Å². The van der Waals surface area contributed by atoms with Gasteiger partial charge in [0.05, 0.1) is 6.10 Å². The summed E-state index contributed by atoms with van der Waals surface area (Å²) >= 11 is 1.90. The highest BCUT2D eigenvalue weighted by molar-refractivity contribution is 7.99. The maximum atomic E-state index is 12.4. The number of nitrogens with zero attached hydrogens (tertiary/aromatic N) is 1. The Balaban J connectivity index is 1.55. The highest BCUT2D eigenvalue weighted by atomic mass is 32.2. The first-order chi connectivity index (χ1) is 11.2. The largest absolute Gasteiger partial charge is 0.393 e. The van der Waals surface area contributed by atoms with Crippen LogP contribution in [0.4, 0.5) is 5.69 Å². The molecule has 126 valence electrons. The average molecular weight is 334 g/mol. The molecule has 2 aliphatic rings. The topological polar surface area (TPSA) is 52.6 Å². The van der Waals surface area contributed by atoms with Crippen LogP contribution in [0.2, 0.25) is 0 Å². The predicted molar refractivity (Wildman–Crippen MR) is 96.3 cm³/mol. The van der Waals surface area contributed by atoms with Crippen LogP contribution in [-0.4, -0.2) is 47.8 Å². The molecule has 23 heavy (non-hydrogen) atoms. The Hall–Kier alpha value is -1.20. The van der Waals surface area contributed by atoms with Gasteiger partial charge in [-0.15, -0.1) is 0 Å². The molecule has 2 unspecified atom stereocenters. The van der Waals surface area contributed by atoms with Crippen molar-refractivity contribution in [3.63, 3.8) is 0 Å². The second kappa shape index (κ2) is 7.58. The minimum atomic E-state index is -0.159. The molecule has 1 aliphatic carbocycles. The lowest BCUT2D eigenvalue weighted by atomic mass is 10.1. The minimum absolute atomic E-state index is 0.0392. The number of aliphatic hydroxyl groups is 1. The SMILES string of the molecule is CSC1CCC(NC(=O)c2ccc(N3CCC(O)CC3)cc2)C1. The van der Waals surface area contributed by atoms with Crippen LogP contribution in [0.15, 0.2) is 24.3 Å². The Labute approximate surface area is 142 Å². The number of rotatable bonds is 4. The Morgan fingerprint density at radius 1 is 1.17 bits per heavy atom. The molecule has 1 aliphatic heterocycles. The van der Waals surface area contributed by atoms with Gasteiger partial charge >= 0.3 is 0 Å². The monoisotopic (exact) mass is 334 g/mol. The van der Waals surface area contributed by atoms with Crippen LogP contribution in [0.1, 0.15) is 42.5 Å². The van der Waals surface area contributed by atoms with E-state index in [1.54, 1.807) is 0 Å². The highest BCUT2D eigenvalue weighted by Gasteiger charge is 2.25. The first-order valence-electron chi connectivity index (χ1n) is 8.52. The zero-order valence-corrected chi connectivity index (χ0v) is 14.5. The van der Waals surface area contributed by atoms with Gasteiger partial charge in [-0.3, -0.25) is 4.79 Å². The van der Waals surface area contributed by atoms with Gasteiger partial charge in [0.25, 0.3) is 5.91 Å². The molecule has 4 nitrogen and oxygen atoms in total. The van der Waals surface area contributed by atoms with Crippen molar-refractivity contribution in [1.82, 2.24) is 5.32 Å². The van der Waals surface area contributed by atoms with Crippen LogP contribution < -0.4 is 10.2 Å². The molecule has 2 atom stereocenters. The van der Waals surface area contributed by atoms with Crippen LogP contribution in [0.5, 0.6) is 0 Å². The number of carbonyl (C=O) groups is 1. The van der Waals surface area contributed by atoms with Crippen LogP contribution in [0.3, 0.4) is 0 Å². The number of benzene rings is 1. The fraction of sp³-hybridized carbons (Fsp3) is 0.611. The van der Waals surface area contributed by atoms with Crippen LogP contribution in [0, 0.1) is 0 Å². The summed E-state index contributed by atoms with van der Waals surface area (Å²) in [4.78, 5) is 14.6. The molecular formula is C18H26N2O2S. The van der Waals surface area contributed by atoms with Crippen molar-refractivity contribution >= 4 is 23.4 Å². The lowest BCUT2D eigenvalue weighted by Gasteiger charge is -2.31. The second-order valence-electron chi connectivity index (χ2n) is 6.61. The van der Waals surface area contributed by atoms with Crippen molar-refractivity contribution in [3.05, 3.63) is 29.8 Å². The molecule has 2 N–H and O–H groups in total. The smallest absolute Gasteiger partial charge is 0.251 e. The molecule has 3 rings (SSSR count). The highest BCUT2D eigenvalue weighted by Crippen LogP contribution is 2.28. The van der Waals surface area contributed by atoms with E-state index in [0.29, 0.717) is 11.3 Å². The van der Waals surface area contributed by atoms with Gasteiger partial charge in [-0.05, 0) is 62.6 Å². The van der Waals surface area contributed by atoms with Crippen LogP contribution in [0.25, 0.3) is 0 Å². The molecular weight excluding hydrogens is 308 g/mol. The third kappa shape index (κ3) is 4.21. The van der Waals surface area contributed by atoms with Crippen molar-refractivity contribution in [2.24, 2.45) is 0 Å².